The zero-order chi connectivity index (χ0) is 16.3. The van der Waals surface area contributed by atoms with E-state index in [1.54, 1.807) is 0 Å². The van der Waals surface area contributed by atoms with E-state index in [9.17, 15) is 14.7 Å². The highest BCUT2D eigenvalue weighted by atomic mass is 79.9. The summed E-state index contributed by atoms with van der Waals surface area (Å²) in [5.74, 6) is -1.41. The van der Waals surface area contributed by atoms with Gasteiger partial charge in [0.2, 0.25) is 5.91 Å². The maximum atomic E-state index is 12.2. The molecule has 22 heavy (non-hydrogen) atoms. The Morgan fingerprint density at radius 2 is 2.09 bits per heavy atom. The van der Waals surface area contributed by atoms with Gasteiger partial charge >= 0.3 is 5.97 Å². The monoisotopic (exact) mass is 366 g/mol. The van der Waals surface area contributed by atoms with Gasteiger partial charge in [0.1, 0.15) is 12.6 Å². The van der Waals surface area contributed by atoms with E-state index in [1.165, 1.54) is 0 Å². The Kier molecular flexibility index (Phi) is 5.24. The second-order valence-electron chi connectivity index (χ2n) is 5.42. The summed E-state index contributed by atoms with van der Waals surface area (Å²) in [6.07, 6.45) is 2.52. The van der Waals surface area contributed by atoms with Crippen LogP contribution in [-0.2, 0) is 16.1 Å². The SMILES string of the molecule is CC[C@@H](C)[C@H](NC(=O)Cn1ccc2cc(Br)ccc21)C(=O)O. The highest BCUT2D eigenvalue weighted by molar-refractivity contribution is 9.10. The number of amides is 1. The fourth-order valence-electron chi connectivity index (χ4n) is 2.37. The van der Waals surface area contributed by atoms with Crippen LogP contribution in [0.1, 0.15) is 20.3 Å². The average Bonchev–Trinajstić information content (AvgIpc) is 2.85. The van der Waals surface area contributed by atoms with Crippen LogP contribution in [0.2, 0.25) is 0 Å². The van der Waals surface area contributed by atoms with Crippen molar-refractivity contribution in [2.45, 2.75) is 32.9 Å². The molecule has 2 N–H and O–H groups in total. The van der Waals surface area contributed by atoms with Crippen LogP contribution in [0.4, 0.5) is 0 Å². The van der Waals surface area contributed by atoms with Crippen molar-refractivity contribution in [1.29, 1.82) is 0 Å². The smallest absolute Gasteiger partial charge is 0.326 e. The Balaban J connectivity index is 2.11. The van der Waals surface area contributed by atoms with Crippen molar-refractivity contribution in [2.24, 2.45) is 5.92 Å². The van der Waals surface area contributed by atoms with Crippen LogP contribution in [0.25, 0.3) is 10.9 Å². The molecule has 0 saturated carbocycles. The van der Waals surface area contributed by atoms with Crippen molar-refractivity contribution in [3.05, 3.63) is 34.9 Å². The summed E-state index contributed by atoms with van der Waals surface area (Å²) in [6.45, 7) is 3.83. The Morgan fingerprint density at radius 1 is 1.36 bits per heavy atom. The predicted molar refractivity (Wildman–Crippen MR) is 88.7 cm³/mol. The number of carboxylic acid groups (broad SMARTS) is 1. The first-order chi connectivity index (χ1) is 10.4. The highest BCUT2D eigenvalue weighted by Gasteiger charge is 2.25. The lowest BCUT2D eigenvalue weighted by Crippen LogP contribution is -2.46. The molecule has 0 aliphatic carbocycles. The summed E-state index contributed by atoms with van der Waals surface area (Å²) >= 11 is 3.41. The largest absolute Gasteiger partial charge is 0.480 e. The number of carbonyl (C=O) groups is 2. The minimum atomic E-state index is -0.996. The second kappa shape index (κ2) is 6.96. The molecular weight excluding hydrogens is 348 g/mol. The molecule has 2 rings (SSSR count). The van der Waals surface area contributed by atoms with Gasteiger partial charge in [0.15, 0.2) is 0 Å². The van der Waals surface area contributed by atoms with E-state index >= 15 is 0 Å². The highest BCUT2D eigenvalue weighted by Crippen LogP contribution is 2.20. The number of aromatic nitrogens is 1. The lowest BCUT2D eigenvalue weighted by atomic mass is 9.99. The normalized spacial score (nSPS) is 13.8. The molecule has 0 spiro atoms. The topological polar surface area (TPSA) is 71.3 Å². The molecule has 0 fully saturated rings. The number of rotatable bonds is 6. The molecule has 1 amide bonds. The number of carboxylic acids is 1. The van der Waals surface area contributed by atoms with Gasteiger partial charge in [-0.25, -0.2) is 4.79 Å². The number of fused-ring (bicyclic) bond motifs is 1. The number of carbonyl (C=O) groups excluding carboxylic acids is 1. The van der Waals surface area contributed by atoms with Crippen LogP contribution in [0.3, 0.4) is 0 Å². The minimum Gasteiger partial charge on any atom is -0.480 e. The van der Waals surface area contributed by atoms with Crippen LogP contribution in [-0.4, -0.2) is 27.6 Å². The van der Waals surface area contributed by atoms with Crippen molar-refractivity contribution in [2.75, 3.05) is 0 Å². The van der Waals surface area contributed by atoms with E-state index in [2.05, 4.69) is 21.2 Å². The number of nitrogens with one attached hydrogen (secondary N) is 1. The summed E-state index contributed by atoms with van der Waals surface area (Å²) in [6, 6.07) is 6.89. The molecule has 0 aliphatic rings. The molecule has 0 bridgehead atoms. The van der Waals surface area contributed by atoms with Crippen molar-refractivity contribution in [3.63, 3.8) is 0 Å². The van der Waals surface area contributed by atoms with Gasteiger partial charge in [-0.15, -0.1) is 0 Å². The number of benzene rings is 1. The fraction of sp³-hybridized carbons (Fsp3) is 0.375. The standard InChI is InChI=1S/C16H19BrN2O3/c1-3-10(2)15(16(21)22)18-14(20)9-19-7-6-11-8-12(17)4-5-13(11)19/h4-8,10,15H,3,9H2,1-2H3,(H,18,20)(H,21,22)/t10-,15+/m1/s1. The first kappa shape index (κ1) is 16.5. The first-order valence-corrected chi connectivity index (χ1v) is 7.98. The first-order valence-electron chi connectivity index (χ1n) is 7.19. The summed E-state index contributed by atoms with van der Waals surface area (Å²) in [5, 5.41) is 12.9. The number of hydrogen-bond acceptors (Lipinski definition) is 2. The van der Waals surface area contributed by atoms with Gasteiger partial charge in [0.05, 0.1) is 0 Å². The maximum Gasteiger partial charge on any atom is 0.326 e. The Morgan fingerprint density at radius 3 is 2.73 bits per heavy atom. The van der Waals surface area contributed by atoms with Crippen molar-refractivity contribution < 1.29 is 14.7 Å². The molecule has 2 atom stereocenters. The van der Waals surface area contributed by atoms with Crippen LogP contribution in [0, 0.1) is 5.92 Å². The van der Waals surface area contributed by atoms with Gasteiger partial charge < -0.3 is 15.0 Å². The molecule has 2 aromatic rings. The van der Waals surface area contributed by atoms with Gasteiger partial charge in [-0.3, -0.25) is 4.79 Å². The molecule has 0 aliphatic heterocycles. The molecule has 0 saturated heterocycles. The molecule has 5 nitrogen and oxygen atoms in total. The molecular formula is C16H19BrN2O3. The summed E-state index contributed by atoms with van der Waals surface area (Å²) in [7, 11) is 0. The second-order valence-corrected chi connectivity index (χ2v) is 6.33. The number of nitrogens with zero attached hydrogens (tertiary/aromatic N) is 1. The molecule has 6 heteroatoms. The molecule has 1 heterocycles. The molecule has 0 radical (unpaired) electrons. The number of aliphatic carboxylic acids is 1. The van der Waals surface area contributed by atoms with Crippen molar-refractivity contribution in [3.8, 4) is 0 Å². The van der Waals surface area contributed by atoms with E-state index < -0.39 is 12.0 Å². The number of halogens is 1. The quantitative estimate of drug-likeness (QED) is 0.825. The van der Waals surface area contributed by atoms with E-state index in [0.29, 0.717) is 6.42 Å². The fourth-order valence-corrected chi connectivity index (χ4v) is 2.74. The third-order valence-electron chi connectivity index (χ3n) is 3.84. The van der Waals surface area contributed by atoms with Gasteiger partial charge in [-0.2, -0.15) is 0 Å². The van der Waals surface area contributed by atoms with Crippen molar-refractivity contribution in [1.82, 2.24) is 9.88 Å². The van der Waals surface area contributed by atoms with Crippen LogP contribution >= 0.6 is 15.9 Å². The Hall–Kier alpha value is -1.82. The summed E-state index contributed by atoms with van der Waals surface area (Å²) in [4.78, 5) is 23.4. The predicted octanol–water partition coefficient (Wildman–Crippen LogP) is 3.02. The zero-order valence-electron chi connectivity index (χ0n) is 12.5. The molecule has 118 valence electrons. The van der Waals surface area contributed by atoms with Crippen LogP contribution < -0.4 is 5.32 Å². The van der Waals surface area contributed by atoms with Gasteiger partial charge in [0.25, 0.3) is 0 Å². The van der Waals surface area contributed by atoms with Gasteiger partial charge in [-0.05, 0) is 30.2 Å². The van der Waals surface area contributed by atoms with E-state index in [0.717, 1.165) is 15.4 Å². The minimum absolute atomic E-state index is 0.103. The summed E-state index contributed by atoms with van der Waals surface area (Å²) < 4.78 is 2.79. The average molecular weight is 367 g/mol. The third kappa shape index (κ3) is 3.68. The van der Waals surface area contributed by atoms with E-state index in [4.69, 9.17) is 0 Å². The Labute approximate surface area is 137 Å². The number of hydrogen-bond donors (Lipinski definition) is 2. The third-order valence-corrected chi connectivity index (χ3v) is 4.34. The van der Waals surface area contributed by atoms with E-state index in [-0.39, 0.29) is 18.4 Å². The van der Waals surface area contributed by atoms with Crippen LogP contribution in [0.15, 0.2) is 34.9 Å². The van der Waals surface area contributed by atoms with Crippen LogP contribution in [0.5, 0.6) is 0 Å². The maximum absolute atomic E-state index is 12.2. The Bertz CT molecular complexity index is 696. The van der Waals surface area contributed by atoms with Gasteiger partial charge in [-0.1, -0.05) is 36.2 Å². The van der Waals surface area contributed by atoms with Gasteiger partial charge in [0, 0.05) is 21.6 Å². The van der Waals surface area contributed by atoms with E-state index in [1.807, 2.05) is 48.9 Å². The molecule has 1 aromatic heterocycles. The zero-order valence-corrected chi connectivity index (χ0v) is 14.1. The molecule has 0 unspecified atom stereocenters. The van der Waals surface area contributed by atoms with Crippen molar-refractivity contribution >= 4 is 38.7 Å². The lowest BCUT2D eigenvalue weighted by molar-refractivity contribution is -0.143. The molecule has 1 aromatic carbocycles. The summed E-state index contributed by atoms with van der Waals surface area (Å²) in [5.41, 5.74) is 0.939. The lowest BCUT2D eigenvalue weighted by Gasteiger charge is -2.20.